The van der Waals surface area contributed by atoms with Crippen LogP contribution in [0.3, 0.4) is 0 Å². The molecule has 1 atom stereocenters. The molecule has 0 unspecified atom stereocenters. The minimum atomic E-state index is -1.09. The number of carbonyl (C=O) groups excluding carboxylic acids is 4. The summed E-state index contributed by atoms with van der Waals surface area (Å²) in [5.41, 5.74) is -0.340. The number of imidazole rings is 1. The molecule has 2 aromatic heterocycles. The highest BCUT2D eigenvalue weighted by atomic mass is 19.1. The van der Waals surface area contributed by atoms with Gasteiger partial charge in [-0.25, -0.2) is 23.5 Å². The standard InChI is InChI=1S/C32H41FN6O7/c1-8-12-20-17-21(33)18-24-27(20)36-25(39(24)31(44)46-32(2,3)4)19-38-16-11-14-23(29(38)42)34-28(41)22(35-30(43)45-7)13-9-10-15-26(40)37(5)6/h10-11,14-18,22H,8-9,12-13,19H2,1-7H3,(H,34,41)(H,35,43)/b15-10+/t22-/m0/s1. The number of anilines is 1. The van der Waals surface area contributed by atoms with Crippen molar-refractivity contribution in [2.75, 3.05) is 26.5 Å². The van der Waals surface area contributed by atoms with Gasteiger partial charge in [0.25, 0.3) is 5.56 Å². The zero-order valence-corrected chi connectivity index (χ0v) is 27.2. The highest BCUT2D eigenvalue weighted by molar-refractivity contribution is 5.96. The maximum atomic E-state index is 14.7. The van der Waals surface area contributed by atoms with E-state index in [9.17, 15) is 28.4 Å². The molecule has 0 spiro atoms. The largest absolute Gasteiger partial charge is 0.453 e. The fourth-order valence-corrected chi connectivity index (χ4v) is 4.53. The Morgan fingerprint density at radius 1 is 1.17 bits per heavy atom. The van der Waals surface area contributed by atoms with Crippen LogP contribution in [-0.2, 0) is 32.0 Å². The number of rotatable bonds is 11. The molecule has 0 radical (unpaired) electrons. The molecule has 14 heteroatoms. The molecule has 2 N–H and O–H groups in total. The molecule has 0 fully saturated rings. The van der Waals surface area contributed by atoms with Gasteiger partial charge >= 0.3 is 12.2 Å². The van der Waals surface area contributed by atoms with Crippen LogP contribution in [0.5, 0.6) is 0 Å². The second-order valence-electron chi connectivity index (χ2n) is 11.8. The molecule has 3 rings (SSSR count). The summed E-state index contributed by atoms with van der Waals surface area (Å²) in [5, 5.41) is 4.99. The molecule has 0 aliphatic heterocycles. The van der Waals surface area contributed by atoms with E-state index in [0.29, 0.717) is 23.9 Å². The first kappa shape index (κ1) is 35.5. The third-order valence-corrected chi connectivity index (χ3v) is 6.68. The summed E-state index contributed by atoms with van der Waals surface area (Å²) in [6.07, 6.45) is 4.36. The van der Waals surface area contributed by atoms with Gasteiger partial charge in [0.1, 0.15) is 29.0 Å². The van der Waals surface area contributed by atoms with E-state index >= 15 is 0 Å². The monoisotopic (exact) mass is 640 g/mol. The predicted octanol–water partition coefficient (Wildman–Crippen LogP) is 4.21. The Morgan fingerprint density at radius 3 is 2.52 bits per heavy atom. The van der Waals surface area contributed by atoms with E-state index in [2.05, 4.69) is 20.4 Å². The van der Waals surface area contributed by atoms with Crippen LogP contribution < -0.4 is 16.2 Å². The zero-order valence-electron chi connectivity index (χ0n) is 27.2. The molecule has 1 aromatic carbocycles. The number of methoxy groups -OCH3 is 1. The van der Waals surface area contributed by atoms with Gasteiger partial charge in [0, 0.05) is 26.4 Å². The predicted molar refractivity (Wildman–Crippen MR) is 170 cm³/mol. The van der Waals surface area contributed by atoms with Gasteiger partial charge in [0.2, 0.25) is 11.8 Å². The van der Waals surface area contributed by atoms with Crippen LogP contribution in [0.1, 0.15) is 58.3 Å². The van der Waals surface area contributed by atoms with E-state index in [-0.39, 0.29) is 42.3 Å². The van der Waals surface area contributed by atoms with Crippen LogP contribution in [0.2, 0.25) is 0 Å². The molecule has 46 heavy (non-hydrogen) atoms. The first-order valence-corrected chi connectivity index (χ1v) is 14.8. The summed E-state index contributed by atoms with van der Waals surface area (Å²) < 4.78 is 27.3. The number of fused-ring (bicyclic) bond motifs is 1. The topological polar surface area (TPSA) is 154 Å². The molecule has 0 saturated heterocycles. The van der Waals surface area contributed by atoms with Gasteiger partial charge in [-0.1, -0.05) is 19.4 Å². The number of hydrogen-bond donors (Lipinski definition) is 2. The fourth-order valence-electron chi connectivity index (χ4n) is 4.53. The van der Waals surface area contributed by atoms with Gasteiger partial charge in [-0.3, -0.25) is 14.4 Å². The highest BCUT2D eigenvalue weighted by Gasteiger charge is 2.26. The molecular formula is C32H41FN6O7. The van der Waals surface area contributed by atoms with Crippen LogP contribution in [0.15, 0.2) is 47.4 Å². The Kier molecular flexibility index (Phi) is 11.8. The summed E-state index contributed by atoms with van der Waals surface area (Å²) in [7, 11) is 4.36. The Labute approximate surface area is 266 Å². The third-order valence-electron chi connectivity index (χ3n) is 6.68. The van der Waals surface area contributed by atoms with E-state index in [1.807, 2.05) is 6.92 Å². The first-order valence-electron chi connectivity index (χ1n) is 14.8. The van der Waals surface area contributed by atoms with Gasteiger partial charge in [0.15, 0.2) is 0 Å². The SMILES string of the molecule is CCCc1cc(F)cc2c1nc(Cn1cccc(NC(=O)[C@H](CC/C=C/C(=O)N(C)C)NC(=O)OC)c1=O)n2C(=O)OC(C)(C)C. The normalized spacial score (nSPS) is 12.2. The lowest BCUT2D eigenvalue weighted by molar-refractivity contribution is -0.123. The van der Waals surface area contributed by atoms with Gasteiger partial charge in [-0.15, -0.1) is 0 Å². The lowest BCUT2D eigenvalue weighted by atomic mass is 10.1. The number of ether oxygens (including phenoxy) is 2. The molecule has 0 saturated carbocycles. The summed E-state index contributed by atoms with van der Waals surface area (Å²) in [5.74, 6) is -1.34. The number of aryl methyl sites for hydroxylation is 1. The summed E-state index contributed by atoms with van der Waals surface area (Å²) in [4.78, 5) is 69.9. The molecule has 13 nitrogen and oxygen atoms in total. The average Bonchev–Trinajstić information content (AvgIpc) is 3.33. The van der Waals surface area contributed by atoms with Crippen molar-refractivity contribution in [3.05, 3.63) is 70.2 Å². The van der Waals surface area contributed by atoms with Crippen LogP contribution in [0, 0.1) is 5.82 Å². The van der Waals surface area contributed by atoms with Gasteiger partial charge in [-0.05, 0) is 69.9 Å². The number of hydrogen-bond acceptors (Lipinski definition) is 8. The van der Waals surface area contributed by atoms with E-state index in [0.717, 1.165) is 11.7 Å². The Bertz CT molecular complexity index is 1690. The van der Waals surface area contributed by atoms with Crippen molar-refractivity contribution < 1.29 is 33.0 Å². The number of pyridine rings is 1. The lowest BCUT2D eigenvalue weighted by Crippen LogP contribution is -2.44. The minimum Gasteiger partial charge on any atom is -0.453 e. The molecule has 0 aliphatic rings. The van der Waals surface area contributed by atoms with E-state index in [1.54, 1.807) is 40.9 Å². The zero-order chi connectivity index (χ0) is 34.2. The quantitative estimate of drug-likeness (QED) is 0.296. The van der Waals surface area contributed by atoms with Crippen molar-refractivity contribution in [3.63, 3.8) is 0 Å². The Morgan fingerprint density at radius 2 is 1.89 bits per heavy atom. The number of likely N-dealkylation sites (N-methyl/N-ethyl adjacent to an activating group) is 1. The van der Waals surface area contributed by atoms with Crippen LogP contribution in [0.4, 0.5) is 19.7 Å². The highest BCUT2D eigenvalue weighted by Crippen LogP contribution is 2.25. The van der Waals surface area contributed by atoms with E-state index < -0.39 is 41.1 Å². The number of amides is 3. The number of carbonyl (C=O) groups is 4. The van der Waals surface area contributed by atoms with E-state index in [4.69, 9.17) is 4.74 Å². The minimum absolute atomic E-state index is 0.0971. The first-order chi connectivity index (χ1) is 21.6. The summed E-state index contributed by atoms with van der Waals surface area (Å²) >= 11 is 0. The van der Waals surface area contributed by atoms with E-state index in [1.165, 1.54) is 46.0 Å². The second-order valence-corrected chi connectivity index (χ2v) is 11.8. The fraction of sp³-hybridized carbons (Fsp3) is 0.438. The van der Waals surface area contributed by atoms with Gasteiger partial charge < -0.3 is 29.6 Å². The Balaban J connectivity index is 1.95. The molecule has 3 aromatic rings. The number of alkyl carbamates (subject to hydrolysis) is 1. The number of halogens is 1. The average molecular weight is 641 g/mol. The smallest absolute Gasteiger partial charge is 0.420 e. The maximum absolute atomic E-state index is 14.7. The molecule has 0 aliphatic carbocycles. The lowest BCUT2D eigenvalue weighted by Gasteiger charge is -2.20. The van der Waals surface area contributed by atoms with Crippen molar-refractivity contribution in [2.24, 2.45) is 0 Å². The molecular weight excluding hydrogens is 599 g/mol. The second kappa shape index (κ2) is 15.3. The summed E-state index contributed by atoms with van der Waals surface area (Å²) in [6, 6.07) is 4.40. The molecule has 3 amide bonds. The number of allylic oxidation sites excluding steroid dienone is 1. The van der Waals surface area contributed by atoms with Crippen molar-refractivity contribution in [3.8, 4) is 0 Å². The van der Waals surface area contributed by atoms with Crippen molar-refractivity contribution in [1.29, 1.82) is 0 Å². The van der Waals surface area contributed by atoms with Gasteiger partial charge in [-0.2, -0.15) is 0 Å². The van der Waals surface area contributed by atoms with Crippen molar-refractivity contribution in [1.82, 2.24) is 24.3 Å². The number of benzene rings is 1. The maximum Gasteiger partial charge on any atom is 0.420 e. The van der Waals surface area contributed by atoms with Crippen molar-refractivity contribution in [2.45, 2.75) is 71.6 Å². The van der Waals surface area contributed by atoms with Gasteiger partial charge in [0.05, 0.1) is 24.7 Å². The number of nitrogens with zero attached hydrogens (tertiary/aromatic N) is 4. The molecule has 2 heterocycles. The summed E-state index contributed by atoms with van der Waals surface area (Å²) in [6.45, 7) is 6.83. The molecule has 0 bridgehead atoms. The van der Waals surface area contributed by atoms with Crippen molar-refractivity contribution >= 4 is 40.7 Å². The number of aromatic nitrogens is 3. The molecule has 248 valence electrons. The van der Waals surface area contributed by atoms with Crippen LogP contribution in [0.25, 0.3) is 11.0 Å². The Hall–Kier alpha value is -5.01. The third kappa shape index (κ3) is 9.25. The van der Waals surface area contributed by atoms with Crippen LogP contribution >= 0.6 is 0 Å². The van der Waals surface area contributed by atoms with Crippen LogP contribution in [-0.4, -0.2) is 75.9 Å². The number of nitrogens with one attached hydrogen (secondary N) is 2.